The molecule has 0 spiro atoms. The summed E-state index contributed by atoms with van der Waals surface area (Å²) >= 11 is 0. The van der Waals surface area contributed by atoms with Gasteiger partial charge in [-0.25, -0.2) is 0 Å². The van der Waals surface area contributed by atoms with Crippen molar-refractivity contribution in [3.8, 4) is 0 Å². The second-order valence-electron chi connectivity index (χ2n) is 5.11. The van der Waals surface area contributed by atoms with Crippen molar-refractivity contribution in [2.45, 2.75) is 32.3 Å². The van der Waals surface area contributed by atoms with Crippen LogP contribution in [0.25, 0.3) is 0 Å². The Labute approximate surface area is 117 Å². The molecule has 0 unspecified atom stereocenters. The lowest BCUT2D eigenvalue weighted by Gasteiger charge is -2.29. The van der Waals surface area contributed by atoms with Crippen molar-refractivity contribution in [1.29, 1.82) is 0 Å². The molecule has 1 heterocycles. The minimum atomic E-state index is -0.430. The number of aliphatic hydroxyl groups excluding tert-OH is 1. The molecule has 1 aromatic carbocycles. The molecule has 1 aliphatic rings. The number of nitro benzene ring substituents is 1. The van der Waals surface area contributed by atoms with Crippen LogP contribution in [0, 0.1) is 17.0 Å². The molecule has 0 aromatic heterocycles. The highest BCUT2D eigenvalue weighted by molar-refractivity contribution is 5.79. The van der Waals surface area contributed by atoms with E-state index in [1.165, 1.54) is 6.07 Å². The van der Waals surface area contributed by atoms with Gasteiger partial charge in [0.2, 0.25) is 5.91 Å². The Kier molecular flexibility index (Phi) is 4.34. The molecule has 108 valence electrons. The fourth-order valence-electron chi connectivity index (χ4n) is 2.45. The average molecular weight is 278 g/mol. The monoisotopic (exact) mass is 278 g/mol. The van der Waals surface area contributed by atoms with Crippen molar-refractivity contribution in [3.63, 3.8) is 0 Å². The number of carbonyl (C=O) groups excluding carboxylic acids is 1. The Morgan fingerprint density at radius 3 is 2.70 bits per heavy atom. The SMILES string of the molecule is Cc1c(CC(=O)N2CCC(O)CC2)cccc1[N+](=O)[O-]. The second-order valence-corrected chi connectivity index (χ2v) is 5.11. The van der Waals surface area contributed by atoms with E-state index in [0.717, 1.165) is 0 Å². The van der Waals surface area contributed by atoms with E-state index in [0.29, 0.717) is 37.1 Å². The minimum absolute atomic E-state index is 0.0412. The van der Waals surface area contributed by atoms with Gasteiger partial charge in [0.05, 0.1) is 17.4 Å². The number of benzene rings is 1. The molecule has 1 aliphatic heterocycles. The van der Waals surface area contributed by atoms with E-state index in [2.05, 4.69) is 0 Å². The summed E-state index contributed by atoms with van der Waals surface area (Å²) in [4.78, 5) is 24.3. The molecule has 0 atom stereocenters. The minimum Gasteiger partial charge on any atom is -0.393 e. The molecule has 0 aliphatic carbocycles. The number of aliphatic hydroxyl groups is 1. The van der Waals surface area contributed by atoms with E-state index in [-0.39, 0.29) is 24.1 Å². The number of hydrogen-bond acceptors (Lipinski definition) is 4. The average Bonchev–Trinajstić information content (AvgIpc) is 2.41. The van der Waals surface area contributed by atoms with Gasteiger partial charge in [0.1, 0.15) is 0 Å². The molecule has 1 amide bonds. The van der Waals surface area contributed by atoms with Gasteiger partial charge in [-0.2, -0.15) is 0 Å². The van der Waals surface area contributed by atoms with Crippen LogP contribution in [0.15, 0.2) is 18.2 Å². The number of hydrogen-bond donors (Lipinski definition) is 1. The first-order valence-corrected chi connectivity index (χ1v) is 6.67. The van der Waals surface area contributed by atoms with Crippen molar-refractivity contribution >= 4 is 11.6 Å². The van der Waals surface area contributed by atoms with Crippen LogP contribution < -0.4 is 0 Å². The van der Waals surface area contributed by atoms with Crippen LogP contribution in [0.3, 0.4) is 0 Å². The highest BCUT2D eigenvalue weighted by Gasteiger charge is 2.22. The third-order valence-corrected chi connectivity index (χ3v) is 3.77. The summed E-state index contributed by atoms with van der Waals surface area (Å²) in [6.07, 6.45) is 1.04. The zero-order valence-electron chi connectivity index (χ0n) is 11.4. The molecule has 6 nitrogen and oxygen atoms in total. The van der Waals surface area contributed by atoms with E-state index in [1.807, 2.05) is 0 Å². The van der Waals surface area contributed by atoms with Gasteiger partial charge in [-0.1, -0.05) is 12.1 Å². The van der Waals surface area contributed by atoms with Crippen LogP contribution >= 0.6 is 0 Å². The van der Waals surface area contributed by atoms with Crippen LogP contribution in [-0.2, 0) is 11.2 Å². The van der Waals surface area contributed by atoms with E-state index in [9.17, 15) is 20.0 Å². The van der Waals surface area contributed by atoms with Gasteiger partial charge in [0, 0.05) is 24.7 Å². The summed E-state index contributed by atoms with van der Waals surface area (Å²) < 4.78 is 0. The number of likely N-dealkylation sites (tertiary alicyclic amines) is 1. The van der Waals surface area contributed by atoms with Gasteiger partial charge in [-0.05, 0) is 25.3 Å². The quantitative estimate of drug-likeness (QED) is 0.669. The smallest absolute Gasteiger partial charge is 0.272 e. The Bertz CT molecular complexity index is 522. The highest BCUT2D eigenvalue weighted by atomic mass is 16.6. The van der Waals surface area contributed by atoms with Crippen LogP contribution in [0.1, 0.15) is 24.0 Å². The van der Waals surface area contributed by atoms with Gasteiger partial charge >= 0.3 is 0 Å². The second kappa shape index (κ2) is 6.00. The van der Waals surface area contributed by atoms with E-state index < -0.39 is 4.92 Å². The van der Waals surface area contributed by atoms with E-state index in [4.69, 9.17) is 0 Å². The predicted octanol–water partition coefficient (Wildman–Crippen LogP) is 1.43. The number of nitro groups is 1. The van der Waals surface area contributed by atoms with Crippen molar-refractivity contribution in [2.75, 3.05) is 13.1 Å². The number of rotatable bonds is 3. The molecule has 1 fully saturated rings. The fourth-order valence-corrected chi connectivity index (χ4v) is 2.45. The van der Waals surface area contributed by atoms with Crippen molar-refractivity contribution in [1.82, 2.24) is 4.90 Å². The van der Waals surface area contributed by atoms with Crippen molar-refractivity contribution in [3.05, 3.63) is 39.4 Å². The molecular weight excluding hydrogens is 260 g/mol. The first-order valence-electron chi connectivity index (χ1n) is 6.67. The number of nitrogens with zero attached hydrogens (tertiary/aromatic N) is 2. The third-order valence-electron chi connectivity index (χ3n) is 3.77. The Balaban J connectivity index is 2.08. The number of amides is 1. The Morgan fingerprint density at radius 1 is 1.45 bits per heavy atom. The summed E-state index contributed by atoms with van der Waals surface area (Å²) in [6.45, 7) is 2.77. The van der Waals surface area contributed by atoms with E-state index in [1.54, 1.807) is 24.0 Å². The summed E-state index contributed by atoms with van der Waals surface area (Å²) in [7, 11) is 0. The maximum atomic E-state index is 12.2. The largest absolute Gasteiger partial charge is 0.393 e. The zero-order chi connectivity index (χ0) is 14.7. The standard InChI is InChI=1S/C14H18N2O4/c1-10-11(3-2-4-13(10)16(19)20)9-14(18)15-7-5-12(17)6-8-15/h2-4,12,17H,5-9H2,1H3. The molecular formula is C14H18N2O4. The lowest BCUT2D eigenvalue weighted by atomic mass is 10.0. The van der Waals surface area contributed by atoms with Gasteiger partial charge in [0.15, 0.2) is 0 Å². The lowest BCUT2D eigenvalue weighted by molar-refractivity contribution is -0.385. The zero-order valence-corrected chi connectivity index (χ0v) is 11.4. The predicted molar refractivity (Wildman–Crippen MR) is 73.4 cm³/mol. The van der Waals surface area contributed by atoms with Gasteiger partial charge in [-0.15, -0.1) is 0 Å². The summed E-state index contributed by atoms with van der Waals surface area (Å²) in [5, 5.41) is 20.3. The molecule has 0 radical (unpaired) electrons. The van der Waals surface area contributed by atoms with Gasteiger partial charge < -0.3 is 10.0 Å². The topological polar surface area (TPSA) is 83.7 Å². The molecule has 20 heavy (non-hydrogen) atoms. The molecule has 0 bridgehead atoms. The molecule has 0 saturated carbocycles. The Morgan fingerprint density at radius 2 is 2.10 bits per heavy atom. The summed E-state index contributed by atoms with van der Waals surface area (Å²) in [6, 6.07) is 4.80. The molecule has 1 aromatic rings. The maximum absolute atomic E-state index is 12.2. The highest BCUT2D eigenvalue weighted by Crippen LogP contribution is 2.22. The van der Waals surface area contributed by atoms with Crippen molar-refractivity contribution in [2.24, 2.45) is 0 Å². The first-order chi connectivity index (χ1) is 9.49. The fraction of sp³-hybridized carbons (Fsp3) is 0.500. The summed E-state index contributed by atoms with van der Waals surface area (Å²) in [5.74, 6) is -0.0412. The van der Waals surface area contributed by atoms with Crippen LogP contribution in [0.4, 0.5) is 5.69 Å². The molecule has 1 N–H and O–H groups in total. The first kappa shape index (κ1) is 14.5. The van der Waals surface area contributed by atoms with Crippen molar-refractivity contribution < 1.29 is 14.8 Å². The molecule has 1 saturated heterocycles. The van der Waals surface area contributed by atoms with E-state index >= 15 is 0 Å². The van der Waals surface area contributed by atoms with Gasteiger partial charge in [-0.3, -0.25) is 14.9 Å². The third kappa shape index (κ3) is 3.14. The summed E-state index contributed by atoms with van der Waals surface area (Å²) in [5.41, 5.74) is 1.28. The molecule has 6 heteroatoms. The van der Waals surface area contributed by atoms with Crippen LogP contribution in [0.5, 0.6) is 0 Å². The van der Waals surface area contributed by atoms with Gasteiger partial charge in [0.25, 0.3) is 5.69 Å². The van der Waals surface area contributed by atoms with Crippen LogP contribution in [-0.4, -0.2) is 40.0 Å². The lowest BCUT2D eigenvalue weighted by Crippen LogP contribution is -2.40. The van der Waals surface area contributed by atoms with Crippen LogP contribution in [0.2, 0.25) is 0 Å². The number of carbonyl (C=O) groups is 1. The normalized spacial score (nSPS) is 16.2. The Hall–Kier alpha value is -1.95. The molecule has 2 rings (SSSR count). The number of piperidine rings is 1. The maximum Gasteiger partial charge on any atom is 0.272 e.